The highest BCUT2D eigenvalue weighted by Crippen LogP contribution is 2.46. The molecule has 5 nitrogen and oxygen atoms in total. The predicted octanol–water partition coefficient (Wildman–Crippen LogP) is 3.45. The van der Waals surface area contributed by atoms with E-state index in [2.05, 4.69) is 27.3 Å². The second-order valence-corrected chi connectivity index (χ2v) is 8.81. The number of rotatable bonds is 1. The van der Waals surface area contributed by atoms with Crippen molar-refractivity contribution in [3.8, 4) is 0 Å². The van der Waals surface area contributed by atoms with Gasteiger partial charge in [-0.25, -0.2) is 0 Å². The van der Waals surface area contributed by atoms with Crippen LogP contribution in [0.5, 0.6) is 0 Å². The highest BCUT2D eigenvalue weighted by Gasteiger charge is 2.47. The number of anilines is 1. The summed E-state index contributed by atoms with van der Waals surface area (Å²) in [6.45, 7) is 5.97. The summed E-state index contributed by atoms with van der Waals surface area (Å²) in [5, 5.41) is 4.52. The van der Waals surface area contributed by atoms with Crippen molar-refractivity contribution in [2.45, 2.75) is 63.8 Å². The van der Waals surface area contributed by atoms with Gasteiger partial charge in [-0.2, -0.15) is 0 Å². The standard InChI is InChI=1S/C22H27N3O2/c1-22(2)16-12-17-15(14-5-3-4-6-19(26)20(14)24-17)11-18(16)25(21(22)27)13-7-9-23-10-8-13/h11-13,23-24H,3-10H2,1-2H3. The summed E-state index contributed by atoms with van der Waals surface area (Å²) >= 11 is 0. The van der Waals surface area contributed by atoms with Crippen LogP contribution in [0.25, 0.3) is 10.9 Å². The molecule has 5 rings (SSSR count). The Morgan fingerprint density at radius 1 is 1.07 bits per heavy atom. The van der Waals surface area contributed by atoms with E-state index in [4.69, 9.17) is 0 Å². The van der Waals surface area contributed by atoms with E-state index in [1.54, 1.807) is 0 Å². The minimum atomic E-state index is -0.527. The van der Waals surface area contributed by atoms with Crippen LogP contribution in [-0.2, 0) is 16.6 Å². The van der Waals surface area contributed by atoms with E-state index in [-0.39, 0.29) is 17.7 Å². The number of aromatic nitrogens is 1. The lowest BCUT2D eigenvalue weighted by molar-refractivity contribution is -0.122. The summed E-state index contributed by atoms with van der Waals surface area (Å²) in [5.74, 6) is 0.434. The van der Waals surface area contributed by atoms with E-state index in [1.165, 1.54) is 0 Å². The zero-order chi connectivity index (χ0) is 18.8. The lowest BCUT2D eigenvalue weighted by Crippen LogP contribution is -2.47. The second kappa shape index (κ2) is 5.93. The van der Waals surface area contributed by atoms with Crippen LogP contribution in [0.3, 0.4) is 0 Å². The first-order valence-corrected chi connectivity index (χ1v) is 10.2. The van der Waals surface area contributed by atoms with Gasteiger partial charge in [-0.3, -0.25) is 9.59 Å². The van der Waals surface area contributed by atoms with Crippen LogP contribution in [0.2, 0.25) is 0 Å². The Morgan fingerprint density at radius 2 is 1.81 bits per heavy atom. The summed E-state index contributed by atoms with van der Waals surface area (Å²) in [4.78, 5) is 31.3. The van der Waals surface area contributed by atoms with E-state index in [1.807, 2.05) is 13.8 Å². The van der Waals surface area contributed by atoms with Gasteiger partial charge in [0.25, 0.3) is 0 Å². The van der Waals surface area contributed by atoms with Crippen LogP contribution in [0.1, 0.15) is 67.6 Å². The molecule has 2 aliphatic heterocycles. The molecule has 142 valence electrons. The predicted molar refractivity (Wildman–Crippen MR) is 107 cm³/mol. The monoisotopic (exact) mass is 365 g/mol. The number of fused-ring (bicyclic) bond motifs is 4. The smallest absolute Gasteiger partial charge is 0.237 e. The van der Waals surface area contributed by atoms with Crippen LogP contribution >= 0.6 is 0 Å². The number of nitrogens with one attached hydrogen (secondary N) is 2. The summed E-state index contributed by atoms with van der Waals surface area (Å²) in [6.07, 6.45) is 5.55. The molecule has 1 amide bonds. The zero-order valence-corrected chi connectivity index (χ0v) is 16.2. The van der Waals surface area contributed by atoms with Gasteiger partial charge in [0.15, 0.2) is 5.78 Å². The third-order valence-corrected chi connectivity index (χ3v) is 6.74. The number of Topliss-reactive ketones (excluding diaryl/α,β-unsaturated/α-hetero) is 1. The van der Waals surface area contributed by atoms with E-state index >= 15 is 0 Å². The van der Waals surface area contributed by atoms with Crippen LogP contribution in [0.15, 0.2) is 12.1 Å². The molecule has 5 heteroatoms. The van der Waals surface area contributed by atoms with Crippen LogP contribution < -0.4 is 10.2 Å². The fraction of sp³-hybridized carbons (Fsp3) is 0.545. The van der Waals surface area contributed by atoms with Gasteiger partial charge in [-0.05, 0) is 82.3 Å². The van der Waals surface area contributed by atoms with Crippen molar-refractivity contribution < 1.29 is 9.59 Å². The number of hydrogen-bond acceptors (Lipinski definition) is 3. The minimum Gasteiger partial charge on any atom is -0.352 e. The number of piperidine rings is 1. The van der Waals surface area contributed by atoms with Crippen LogP contribution in [0, 0.1) is 0 Å². The normalized spacial score (nSPS) is 22.8. The largest absolute Gasteiger partial charge is 0.352 e. The Balaban J connectivity index is 1.70. The molecule has 0 unspecified atom stereocenters. The molecule has 1 aromatic heterocycles. The summed E-state index contributed by atoms with van der Waals surface area (Å²) in [5.41, 5.74) is 4.56. The Bertz CT molecular complexity index is 950. The van der Waals surface area contributed by atoms with Crippen molar-refractivity contribution in [1.29, 1.82) is 0 Å². The Kier molecular flexibility index (Phi) is 3.73. The highest BCUT2D eigenvalue weighted by molar-refractivity contribution is 6.11. The number of hydrogen-bond donors (Lipinski definition) is 2. The molecule has 0 radical (unpaired) electrons. The van der Waals surface area contributed by atoms with Crippen molar-refractivity contribution in [3.05, 3.63) is 29.0 Å². The highest BCUT2D eigenvalue weighted by atomic mass is 16.2. The molecule has 1 saturated heterocycles. The number of amides is 1. The molecule has 2 aromatic rings. The molecule has 0 bridgehead atoms. The molecule has 1 aromatic carbocycles. The maximum Gasteiger partial charge on any atom is 0.237 e. The molecule has 1 aliphatic carbocycles. The molecule has 3 heterocycles. The molecule has 27 heavy (non-hydrogen) atoms. The number of benzene rings is 1. The van der Waals surface area contributed by atoms with Crippen molar-refractivity contribution in [2.75, 3.05) is 18.0 Å². The summed E-state index contributed by atoms with van der Waals surface area (Å²) < 4.78 is 0. The van der Waals surface area contributed by atoms with Gasteiger partial charge in [0.1, 0.15) is 0 Å². The minimum absolute atomic E-state index is 0.208. The zero-order valence-electron chi connectivity index (χ0n) is 16.2. The number of aryl methyl sites for hydroxylation is 1. The second-order valence-electron chi connectivity index (χ2n) is 8.81. The third-order valence-electron chi connectivity index (χ3n) is 6.74. The van der Waals surface area contributed by atoms with E-state index in [0.717, 1.165) is 78.6 Å². The van der Waals surface area contributed by atoms with Crippen molar-refractivity contribution in [1.82, 2.24) is 10.3 Å². The van der Waals surface area contributed by atoms with E-state index < -0.39 is 5.41 Å². The van der Waals surface area contributed by atoms with Gasteiger partial charge < -0.3 is 15.2 Å². The Hall–Kier alpha value is -2.14. The Morgan fingerprint density at radius 3 is 2.59 bits per heavy atom. The first-order chi connectivity index (χ1) is 13.0. The van der Waals surface area contributed by atoms with Gasteiger partial charge in [0, 0.05) is 29.1 Å². The van der Waals surface area contributed by atoms with Crippen molar-refractivity contribution in [3.63, 3.8) is 0 Å². The molecular formula is C22H27N3O2. The van der Waals surface area contributed by atoms with E-state index in [9.17, 15) is 9.59 Å². The number of nitrogens with zero attached hydrogens (tertiary/aromatic N) is 1. The van der Waals surface area contributed by atoms with E-state index in [0.29, 0.717) is 6.42 Å². The number of H-pyrrole nitrogens is 1. The van der Waals surface area contributed by atoms with Crippen molar-refractivity contribution >= 4 is 28.3 Å². The number of carbonyl (C=O) groups is 2. The maximum atomic E-state index is 13.3. The van der Waals surface area contributed by atoms with Gasteiger partial charge >= 0.3 is 0 Å². The number of carbonyl (C=O) groups excluding carboxylic acids is 2. The maximum absolute atomic E-state index is 13.3. The first-order valence-electron chi connectivity index (χ1n) is 10.2. The average molecular weight is 365 g/mol. The Labute approximate surface area is 159 Å². The fourth-order valence-electron chi connectivity index (χ4n) is 5.15. The van der Waals surface area contributed by atoms with Crippen LogP contribution in [-0.4, -0.2) is 35.8 Å². The topological polar surface area (TPSA) is 65.2 Å². The summed E-state index contributed by atoms with van der Waals surface area (Å²) in [6, 6.07) is 4.58. The lowest BCUT2D eigenvalue weighted by Gasteiger charge is -2.33. The molecule has 0 saturated carbocycles. The summed E-state index contributed by atoms with van der Waals surface area (Å²) in [7, 11) is 0. The third kappa shape index (κ3) is 2.40. The molecule has 1 fully saturated rings. The fourth-order valence-corrected chi connectivity index (χ4v) is 5.15. The SMILES string of the molecule is CC1(C)C(=O)N(C2CCNCC2)c2cc3c4c([nH]c3cc21)C(=O)CCCC4. The van der Waals surface area contributed by atoms with Crippen LogP contribution in [0.4, 0.5) is 5.69 Å². The van der Waals surface area contributed by atoms with Gasteiger partial charge in [-0.15, -0.1) is 0 Å². The molecule has 2 N–H and O–H groups in total. The van der Waals surface area contributed by atoms with Crippen molar-refractivity contribution in [2.24, 2.45) is 0 Å². The average Bonchev–Trinajstić information content (AvgIpc) is 3.03. The van der Waals surface area contributed by atoms with Gasteiger partial charge in [0.05, 0.1) is 11.1 Å². The quantitative estimate of drug-likeness (QED) is 0.761. The van der Waals surface area contributed by atoms with Gasteiger partial charge in [0.2, 0.25) is 5.91 Å². The lowest BCUT2D eigenvalue weighted by atomic mass is 9.85. The number of ketones is 1. The van der Waals surface area contributed by atoms with Gasteiger partial charge in [-0.1, -0.05) is 0 Å². The number of aromatic amines is 1. The molecule has 0 spiro atoms. The molecular weight excluding hydrogens is 338 g/mol. The molecule has 3 aliphatic rings. The molecule has 0 atom stereocenters. The first kappa shape index (κ1) is 17.0.